The summed E-state index contributed by atoms with van der Waals surface area (Å²) in [5.41, 5.74) is 5.89. The molecule has 19 heavy (non-hydrogen) atoms. The number of nitrogens with zero attached hydrogens (tertiary/aromatic N) is 2. The van der Waals surface area contributed by atoms with Gasteiger partial charge >= 0.3 is 0 Å². The summed E-state index contributed by atoms with van der Waals surface area (Å²) >= 11 is 0. The number of anilines is 1. The maximum Gasteiger partial charge on any atom is 0.278 e. The van der Waals surface area contributed by atoms with Crippen molar-refractivity contribution in [3.63, 3.8) is 0 Å². The predicted molar refractivity (Wildman–Crippen MR) is 69.7 cm³/mol. The second-order valence-electron chi connectivity index (χ2n) is 4.27. The molecule has 3 aromatic heterocycles. The number of rotatable bonds is 4. The topological polar surface area (TPSA) is 114 Å². The van der Waals surface area contributed by atoms with Crippen molar-refractivity contribution >= 4 is 17.1 Å². The number of hydrogen-bond acceptors (Lipinski definition) is 5. The lowest BCUT2D eigenvalue weighted by Crippen LogP contribution is -2.10. The van der Waals surface area contributed by atoms with Gasteiger partial charge in [0.2, 0.25) is 5.95 Å². The number of H-pyrrole nitrogens is 2. The molecule has 0 bridgehead atoms. The van der Waals surface area contributed by atoms with E-state index >= 15 is 0 Å². The number of nitrogens with two attached hydrogens (primary N) is 1. The normalized spacial score (nSPS) is 11.2. The average Bonchev–Trinajstić information content (AvgIpc) is 2.98. The van der Waals surface area contributed by atoms with Crippen molar-refractivity contribution in [2.24, 2.45) is 0 Å². The van der Waals surface area contributed by atoms with Crippen LogP contribution in [0.3, 0.4) is 0 Å². The van der Waals surface area contributed by atoms with E-state index in [9.17, 15) is 4.79 Å². The van der Waals surface area contributed by atoms with Crippen LogP contribution >= 0.6 is 0 Å². The van der Waals surface area contributed by atoms with Crippen LogP contribution in [0.15, 0.2) is 27.6 Å². The Bertz CT molecular complexity index is 741. The van der Waals surface area contributed by atoms with E-state index in [1.165, 1.54) is 0 Å². The van der Waals surface area contributed by atoms with Crippen LogP contribution in [-0.4, -0.2) is 19.9 Å². The highest BCUT2D eigenvalue weighted by molar-refractivity contribution is 5.70. The largest absolute Gasteiger partial charge is 0.469 e. The fourth-order valence-corrected chi connectivity index (χ4v) is 1.98. The van der Waals surface area contributed by atoms with Gasteiger partial charge in [-0.05, 0) is 18.6 Å². The van der Waals surface area contributed by atoms with E-state index < -0.39 is 0 Å². The number of aromatic nitrogens is 4. The first-order chi connectivity index (χ1) is 9.22. The Morgan fingerprint density at radius 3 is 2.95 bits per heavy atom. The molecule has 0 spiro atoms. The zero-order valence-corrected chi connectivity index (χ0v) is 10.1. The fraction of sp³-hybridized carbons (Fsp3) is 0.250. The van der Waals surface area contributed by atoms with Crippen LogP contribution in [0, 0.1) is 0 Å². The molecule has 3 rings (SSSR count). The minimum atomic E-state index is -0.299. The summed E-state index contributed by atoms with van der Waals surface area (Å²) in [4.78, 5) is 25.2. The number of aromatic amines is 2. The molecule has 0 aliphatic carbocycles. The zero-order valence-electron chi connectivity index (χ0n) is 10.1. The molecule has 7 nitrogen and oxygen atoms in total. The lowest BCUT2D eigenvalue weighted by atomic mass is 10.2. The van der Waals surface area contributed by atoms with E-state index in [1.54, 1.807) is 6.26 Å². The third kappa shape index (κ3) is 2.35. The lowest BCUT2D eigenvalue weighted by Gasteiger charge is -1.94. The zero-order chi connectivity index (χ0) is 13.2. The molecule has 3 aromatic rings. The van der Waals surface area contributed by atoms with Crippen LogP contribution in [-0.2, 0) is 12.8 Å². The van der Waals surface area contributed by atoms with Crippen molar-refractivity contribution in [3.05, 3.63) is 40.3 Å². The summed E-state index contributed by atoms with van der Waals surface area (Å²) < 4.78 is 5.25. The highest BCUT2D eigenvalue weighted by Gasteiger charge is 2.08. The SMILES string of the molecule is Nc1nc2nc(CCCc3ccco3)[nH]c2c(=O)[nH]1. The first-order valence-corrected chi connectivity index (χ1v) is 5.99. The Labute approximate surface area is 107 Å². The monoisotopic (exact) mass is 259 g/mol. The highest BCUT2D eigenvalue weighted by atomic mass is 16.3. The molecule has 4 N–H and O–H groups in total. The highest BCUT2D eigenvalue weighted by Crippen LogP contribution is 2.09. The van der Waals surface area contributed by atoms with Crippen LogP contribution in [0.2, 0.25) is 0 Å². The Morgan fingerprint density at radius 1 is 1.26 bits per heavy atom. The number of furan rings is 1. The molecule has 0 saturated heterocycles. The second-order valence-corrected chi connectivity index (χ2v) is 4.27. The van der Waals surface area contributed by atoms with Crippen molar-refractivity contribution in [3.8, 4) is 0 Å². The molecular weight excluding hydrogens is 246 g/mol. The first-order valence-electron chi connectivity index (χ1n) is 5.99. The lowest BCUT2D eigenvalue weighted by molar-refractivity contribution is 0.501. The molecular formula is C12H13N5O2. The molecule has 0 fully saturated rings. The maximum absolute atomic E-state index is 11.6. The van der Waals surface area contributed by atoms with Crippen LogP contribution in [0.4, 0.5) is 5.95 Å². The average molecular weight is 259 g/mol. The van der Waals surface area contributed by atoms with E-state index in [2.05, 4.69) is 19.9 Å². The van der Waals surface area contributed by atoms with E-state index in [0.29, 0.717) is 11.2 Å². The Morgan fingerprint density at radius 2 is 2.16 bits per heavy atom. The summed E-state index contributed by atoms with van der Waals surface area (Å²) in [6.45, 7) is 0. The summed E-state index contributed by atoms with van der Waals surface area (Å²) in [6, 6.07) is 3.80. The van der Waals surface area contributed by atoms with Crippen LogP contribution in [0.5, 0.6) is 0 Å². The number of hydrogen-bond donors (Lipinski definition) is 3. The van der Waals surface area contributed by atoms with Gasteiger partial charge in [-0.15, -0.1) is 0 Å². The van der Waals surface area contributed by atoms with Gasteiger partial charge in [0.15, 0.2) is 11.2 Å². The molecule has 0 aliphatic rings. The van der Waals surface area contributed by atoms with Gasteiger partial charge in [0.1, 0.15) is 11.6 Å². The molecule has 98 valence electrons. The minimum Gasteiger partial charge on any atom is -0.469 e. The van der Waals surface area contributed by atoms with E-state index in [-0.39, 0.29) is 11.5 Å². The van der Waals surface area contributed by atoms with Crippen molar-refractivity contribution in [1.82, 2.24) is 19.9 Å². The van der Waals surface area contributed by atoms with Gasteiger partial charge in [-0.25, -0.2) is 4.98 Å². The molecule has 0 aliphatic heterocycles. The predicted octanol–water partition coefficient (Wildman–Crippen LogP) is 0.997. The third-order valence-corrected chi connectivity index (χ3v) is 2.85. The number of nitrogens with one attached hydrogen (secondary N) is 2. The van der Waals surface area contributed by atoms with E-state index in [4.69, 9.17) is 10.2 Å². The number of aryl methyl sites for hydroxylation is 2. The van der Waals surface area contributed by atoms with Gasteiger partial charge in [-0.3, -0.25) is 9.78 Å². The van der Waals surface area contributed by atoms with Gasteiger partial charge < -0.3 is 15.1 Å². The number of imidazole rings is 1. The van der Waals surface area contributed by atoms with Gasteiger partial charge in [0, 0.05) is 12.8 Å². The number of fused-ring (bicyclic) bond motifs is 1. The summed E-state index contributed by atoms with van der Waals surface area (Å²) in [5, 5.41) is 0. The van der Waals surface area contributed by atoms with Crippen LogP contribution in [0.25, 0.3) is 11.2 Å². The van der Waals surface area contributed by atoms with Gasteiger partial charge in [0.05, 0.1) is 6.26 Å². The smallest absolute Gasteiger partial charge is 0.278 e. The molecule has 0 saturated carbocycles. The molecule has 3 heterocycles. The van der Waals surface area contributed by atoms with Gasteiger partial charge in [-0.2, -0.15) is 4.98 Å². The van der Waals surface area contributed by atoms with Crippen molar-refractivity contribution in [2.75, 3.05) is 5.73 Å². The van der Waals surface area contributed by atoms with Crippen molar-refractivity contribution < 1.29 is 4.42 Å². The van der Waals surface area contributed by atoms with Crippen LogP contribution in [0.1, 0.15) is 18.0 Å². The molecule has 0 radical (unpaired) electrons. The van der Waals surface area contributed by atoms with E-state index in [1.807, 2.05) is 12.1 Å². The van der Waals surface area contributed by atoms with Crippen molar-refractivity contribution in [2.45, 2.75) is 19.3 Å². The van der Waals surface area contributed by atoms with E-state index in [0.717, 1.165) is 30.8 Å². The molecule has 7 heteroatoms. The quantitative estimate of drug-likeness (QED) is 0.646. The molecule has 0 amide bonds. The molecule has 0 unspecified atom stereocenters. The Hall–Kier alpha value is -2.57. The first kappa shape index (κ1) is 11.5. The number of nitrogen functional groups attached to an aromatic ring is 1. The summed E-state index contributed by atoms with van der Waals surface area (Å²) in [7, 11) is 0. The van der Waals surface area contributed by atoms with Gasteiger partial charge in [-0.1, -0.05) is 0 Å². The fourth-order valence-electron chi connectivity index (χ4n) is 1.98. The molecule has 0 aromatic carbocycles. The molecule has 0 atom stereocenters. The third-order valence-electron chi connectivity index (χ3n) is 2.85. The van der Waals surface area contributed by atoms with Crippen molar-refractivity contribution in [1.29, 1.82) is 0 Å². The summed E-state index contributed by atoms with van der Waals surface area (Å²) in [6.07, 6.45) is 4.08. The Kier molecular flexibility index (Phi) is 2.79. The maximum atomic E-state index is 11.6. The van der Waals surface area contributed by atoms with Gasteiger partial charge in [0.25, 0.3) is 5.56 Å². The summed E-state index contributed by atoms with van der Waals surface area (Å²) in [5.74, 6) is 1.74. The van der Waals surface area contributed by atoms with Crippen LogP contribution < -0.4 is 11.3 Å². The standard InChI is InChI=1S/C12H13N5O2/c13-12-16-10-9(11(18)17-12)14-8(15-10)5-1-3-7-4-2-6-19-7/h2,4,6H,1,3,5H2,(H4,13,14,15,16,17,18). The minimum absolute atomic E-state index is 0.0751. The second kappa shape index (κ2) is 4.60. The Balaban J connectivity index is 1.75.